The molecule has 0 saturated heterocycles. The molecule has 3 aromatic carbocycles. The number of halogens is 5. The van der Waals surface area contributed by atoms with Crippen LogP contribution in [0.1, 0.15) is 0 Å². The van der Waals surface area contributed by atoms with Crippen molar-refractivity contribution in [2.24, 2.45) is 0 Å². The van der Waals surface area contributed by atoms with Gasteiger partial charge in [0.1, 0.15) is 5.30 Å². The van der Waals surface area contributed by atoms with Crippen LogP contribution in [0.5, 0.6) is 0 Å². The number of hydrogen-bond acceptors (Lipinski definition) is 1. The first kappa shape index (κ1) is 18.3. The Labute approximate surface area is 145 Å². The molecule has 134 valence electrons. The molecular weight excluding hydrogens is 374 g/mol. The van der Waals surface area contributed by atoms with Crippen LogP contribution < -0.4 is 10.6 Å². The van der Waals surface area contributed by atoms with E-state index in [0.717, 1.165) is 6.07 Å². The molecule has 26 heavy (non-hydrogen) atoms. The molecule has 0 aliphatic carbocycles. The lowest BCUT2D eigenvalue weighted by atomic mass is 10.1. The van der Waals surface area contributed by atoms with Gasteiger partial charge in [-0.15, -0.1) is 0 Å². The first-order valence-electron chi connectivity index (χ1n) is 7.26. The van der Waals surface area contributed by atoms with Gasteiger partial charge in [0.15, 0.2) is 23.3 Å². The third-order valence-electron chi connectivity index (χ3n) is 3.81. The van der Waals surface area contributed by atoms with Gasteiger partial charge in [-0.05, 0) is 17.2 Å². The monoisotopic (exact) mass is 384 g/mol. The molecule has 0 aromatic heterocycles. The molecule has 0 saturated carbocycles. The summed E-state index contributed by atoms with van der Waals surface area (Å²) in [7, 11) is -5.15. The zero-order chi connectivity index (χ0) is 19.1. The van der Waals surface area contributed by atoms with Crippen LogP contribution in [0, 0.1) is 29.1 Å². The second-order valence-electron chi connectivity index (χ2n) is 5.38. The lowest BCUT2D eigenvalue weighted by Crippen LogP contribution is -2.26. The van der Waals surface area contributed by atoms with Crippen LogP contribution in [-0.2, 0) is 4.57 Å². The molecule has 3 aromatic rings. The van der Waals surface area contributed by atoms with Gasteiger partial charge in [0.25, 0.3) is 7.37 Å². The summed E-state index contributed by atoms with van der Waals surface area (Å²) in [5.74, 6) is -11.6. The van der Waals surface area contributed by atoms with Crippen molar-refractivity contribution >= 4 is 18.0 Å². The van der Waals surface area contributed by atoms with Gasteiger partial charge in [-0.25, -0.2) is 22.0 Å². The fourth-order valence-electron chi connectivity index (χ4n) is 2.58. The predicted octanol–water partition coefficient (Wildman–Crippen LogP) is 4.27. The molecule has 2 nitrogen and oxygen atoms in total. The number of hydrogen-bond donors (Lipinski definition) is 1. The summed E-state index contributed by atoms with van der Waals surface area (Å²) in [6.45, 7) is 0. The summed E-state index contributed by atoms with van der Waals surface area (Å²) in [4.78, 5) is 10.4. The fraction of sp³-hybridized carbons (Fsp3) is 0. The number of rotatable bonds is 3. The van der Waals surface area contributed by atoms with Crippen molar-refractivity contribution in [1.82, 2.24) is 0 Å². The highest BCUT2D eigenvalue weighted by molar-refractivity contribution is 7.73. The summed E-state index contributed by atoms with van der Waals surface area (Å²) >= 11 is 0. The largest absolute Gasteiger partial charge is 0.338 e. The molecular formula is C18H10F5O2P. The van der Waals surface area contributed by atoms with Crippen molar-refractivity contribution in [2.45, 2.75) is 0 Å². The van der Waals surface area contributed by atoms with E-state index in [4.69, 9.17) is 0 Å². The Balaban J connectivity index is 2.32. The summed E-state index contributed by atoms with van der Waals surface area (Å²) in [5, 5.41) is -2.17. The van der Waals surface area contributed by atoms with E-state index in [0.29, 0.717) is 5.56 Å². The zero-order valence-corrected chi connectivity index (χ0v) is 13.8. The van der Waals surface area contributed by atoms with Crippen molar-refractivity contribution in [2.75, 3.05) is 0 Å². The Kier molecular flexibility index (Phi) is 4.69. The molecule has 0 fully saturated rings. The second-order valence-corrected chi connectivity index (χ2v) is 7.46. The Hall–Kier alpha value is -2.50. The lowest BCUT2D eigenvalue weighted by Gasteiger charge is -2.18. The van der Waals surface area contributed by atoms with Crippen LogP contribution in [-0.4, -0.2) is 4.89 Å². The van der Waals surface area contributed by atoms with Crippen LogP contribution in [0.2, 0.25) is 0 Å². The topological polar surface area (TPSA) is 37.3 Å². The minimum Gasteiger partial charge on any atom is -0.338 e. The first-order chi connectivity index (χ1) is 12.3. The van der Waals surface area contributed by atoms with Crippen LogP contribution in [0.3, 0.4) is 0 Å². The molecule has 0 amide bonds. The molecule has 0 spiro atoms. The SMILES string of the molecule is O=P(O)(c1ccccc1-c1ccccc1)c1c(F)c(F)c(F)c(F)c1F. The summed E-state index contributed by atoms with van der Waals surface area (Å²) in [5.41, 5.74) is 0.587. The highest BCUT2D eigenvalue weighted by Gasteiger charge is 2.39. The molecule has 8 heteroatoms. The maximum absolute atomic E-state index is 14.1. The Morgan fingerprint density at radius 3 is 1.69 bits per heavy atom. The maximum Gasteiger partial charge on any atom is 0.265 e. The van der Waals surface area contributed by atoms with Crippen LogP contribution in [0.4, 0.5) is 22.0 Å². The van der Waals surface area contributed by atoms with E-state index in [1.54, 1.807) is 30.3 Å². The van der Waals surface area contributed by atoms with Crippen molar-refractivity contribution in [1.29, 1.82) is 0 Å². The molecule has 0 bridgehead atoms. The second kappa shape index (κ2) is 6.67. The fourth-order valence-corrected chi connectivity index (χ4v) is 4.37. The highest BCUT2D eigenvalue weighted by atomic mass is 31.2. The summed E-state index contributed by atoms with van der Waals surface area (Å²) < 4.78 is 81.2. The van der Waals surface area contributed by atoms with Gasteiger partial charge in [0.2, 0.25) is 5.82 Å². The van der Waals surface area contributed by atoms with E-state index < -0.39 is 47.1 Å². The molecule has 1 N–H and O–H groups in total. The number of benzene rings is 3. The average Bonchev–Trinajstić information content (AvgIpc) is 2.65. The molecule has 1 atom stereocenters. The van der Waals surface area contributed by atoms with Crippen molar-refractivity contribution in [3.05, 3.63) is 83.7 Å². The molecule has 3 rings (SSSR count). The summed E-state index contributed by atoms with van der Waals surface area (Å²) in [6.07, 6.45) is 0. The average molecular weight is 384 g/mol. The van der Waals surface area contributed by atoms with Crippen LogP contribution in [0.15, 0.2) is 54.6 Å². The van der Waals surface area contributed by atoms with Gasteiger partial charge in [0.05, 0.1) is 0 Å². The summed E-state index contributed by atoms with van der Waals surface area (Å²) in [6, 6.07) is 13.5. The zero-order valence-electron chi connectivity index (χ0n) is 12.9. The van der Waals surface area contributed by atoms with E-state index in [1.165, 1.54) is 18.2 Å². The highest BCUT2D eigenvalue weighted by Crippen LogP contribution is 2.44. The van der Waals surface area contributed by atoms with Crippen molar-refractivity contribution in [3.63, 3.8) is 0 Å². The normalized spacial score (nSPS) is 13.5. The van der Waals surface area contributed by atoms with Crippen LogP contribution >= 0.6 is 7.37 Å². The lowest BCUT2D eigenvalue weighted by molar-refractivity contribution is 0.382. The molecule has 0 aliphatic rings. The van der Waals surface area contributed by atoms with Crippen LogP contribution in [0.25, 0.3) is 11.1 Å². The molecule has 0 radical (unpaired) electrons. The van der Waals surface area contributed by atoms with Gasteiger partial charge in [-0.1, -0.05) is 48.5 Å². The smallest absolute Gasteiger partial charge is 0.265 e. The van der Waals surface area contributed by atoms with Gasteiger partial charge in [-0.3, -0.25) is 4.57 Å². The minimum atomic E-state index is -5.15. The quantitative estimate of drug-likeness (QED) is 0.317. The van der Waals surface area contributed by atoms with E-state index in [1.807, 2.05) is 0 Å². The Bertz CT molecular complexity index is 1010. The first-order valence-corrected chi connectivity index (χ1v) is 8.92. The molecule has 0 aliphatic heterocycles. The van der Waals surface area contributed by atoms with Crippen molar-refractivity contribution in [3.8, 4) is 11.1 Å². The van der Waals surface area contributed by atoms with E-state index in [2.05, 4.69) is 0 Å². The van der Waals surface area contributed by atoms with E-state index in [-0.39, 0.29) is 5.56 Å². The van der Waals surface area contributed by atoms with Gasteiger partial charge < -0.3 is 4.89 Å². The van der Waals surface area contributed by atoms with Gasteiger partial charge >= 0.3 is 0 Å². The molecule has 1 unspecified atom stereocenters. The van der Waals surface area contributed by atoms with Gasteiger partial charge in [-0.2, -0.15) is 0 Å². The van der Waals surface area contributed by atoms with E-state index in [9.17, 15) is 31.4 Å². The Morgan fingerprint density at radius 2 is 1.12 bits per heavy atom. The predicted molar refractivity (Wildman–Crippen MR) is 87.2 cm³/mol. The maximum atomic E-state index is 14.1. The third kappa shape index (κ3) is 2.83. The third-order valence-corrected chi connectivity index (χ3v) is 5.85. The van der Waals surface area contributed by atoms with Gasteiger partial charge in [0, 0.05) is 5.30 Å². The van der Waals surface area contributed by atoms with Crippen molar-refractivity contribution < 1.29 is 31.4 Å². The Morgan fingerprint density at radius 1 is 0.654 bits per heavy atom. The minimum absolute atomic E-state index is 0.142. The standard InChI is InChI=1S/C18H10F5O2P/c19-13-14(20)16(22)18(17(23)15(13)21)26(24,25)12-9-5-4-8-11(12)10-6-2-1-3-7-10/h1-9H,(H,24,25). The molecule has 0 heterocycles. The van der Waals surface area contributed by atoms with E-state index >= 15 is 0 Å².